The summed E-state index contributed by atoms with van der Waals surface area (Å²) in [6, 6.07) is 2.00. The fourth-order valence-electron chi connectivity index (χ4n) is 2.23. The van der Waals surface area contributed by atoms with E-state index >= 15 is 0 Å². The summed E-state index contributed by atoms with van der Waals surface area (Å²) in [6.07, 6.45) is 5.58. The Hall–Kier alpha value is -2.20. The summed E-state index contributed by atoms with van der Waals surface area (Å²) in [5, 5.41) is 7.85. The van der Waals surface area contributed by atoms with Gasteiger partial charge in [-0.05, 0) is 24.4 Å². The first-order valence-corrected chi connectivity index (χ1v) is 5.52. The van der Waals surface area contributed by atoms with Gasteiger partial charge in [0.25, 0.3) is 0 Å². The van der Waals surface area contributed by atoms with E-state index in [0.717, 1.165) is 24.3 Å². The standard InChI is InChI=1S/C11H11N5O/c12-15-13-4-5-16-10-9(7-14-16)2-1-8-3-6-17-11(8)10/h3,6-7H,1-2,4-5H2. The molecule has 17 heavy (non-hydrogen) atoms. The Morgan fingerprint density at radius 1 is 1.47 bits per heavy atom. The van der Waals surface area contributed by atoms with E-state index in [4.69, 9.17) is 9.95 Å². The van der Waals surface area contributed by atoms with Crippen LogP contribution >= 0.6 is 0 Å². The molecule has 2 aromatic rings. The van der Waals surface area contributed by atoms with Crippen molar-refractivity contribution >= 4 is 0 Å². The van der Waals surface area contributed by atoms with E-state index in [2.05, 4.69) is 15.1 Å². The summed E-state index contributed by atoms with van der Waals surface area (Å²) in [7, 11) is 0. The highest BCUT2D eigenvalue weighted by Gasteiger charge is 2.23. The number of azide groups is 1. The highest BCUT2D eigenvalue weighted by Crippen LogP contribution is 2.33. The molecule has 0 fully saturated rings. The normalized spacial score (nSPS) is 12.7. The molecule has 0 amide bonds. The number of hydrogen-bond acceptors (Lipinski definition) is 3. The topological polar surface area (TPSA) is 79.7 Å². The minimum Gasteiger partial charge on any atom is -0.462 e. The summed E-state index contributed by atoms with van der Waals surface area (Å²) < 4.78 is 7.38. The summed E-state index contributed by atoms with van der Waals surface area (Å²) in [4.78, 5) is 2.74. The quantitative estimate of drug-likeness (QED) is 0.460. The molecule has 6 heteroatoms. The van der Waals surface area contributed by atoms with Gasteiger partial charge in [-0.3, -0.25) is 4.68 Å². The van der Waals surface area contributed by atoms with E-state index in [1.54, 1.807) is 6.26 Å². The fraction of sp³-hybridized carbons (Fsp3) is 0.364. The van der Waals surface area contributed by atoms with Gasteiger partial charge in [-0.15, -0.1) is 0 Å². The second-order valence-corrected chi connectivity index (χ2v) is 3.97. The molecule has 1 aliphatic carbocycles. The van der Waals surface area contributed by atoms with E-state index in [1.165, 1.54) is 11.1 Å². The van der Waals surface area contributed by atoms with Crippen molar-refractivity contribution in [3.8, 4) is 11.5 Å². The molecular weight excluding hydrogens is 218 g/mol. The monoisotopic (exact) mass is 229 g/mol. The van der Waals surface area contributed by atoms with Crippen LogP contribution in [0.3, 0.4) is 0 Å². The maximum atomic E-state index is 8.27. The summed E-state index contributed by atoms with van der Waals surface area (Å²) in [5.41, 5.74) is 11.7. The van der Waals surface area contributed by atoms with Gasteiger partial charge in [0.1, 0.15) is 5.69 Å². The lowest BCUT2D eigenvalue weighted by atomic mass is 9.97. The number of aromatic nitrogens is 2. The second kappa shape index (κ2) is 3.99. The smallest absolute Gasteiger partial charge is 0.155 e. The van der Waals surface area contributed by atoms with Crippen LogP contribution in [-0.4, -0.2) is 16.3 Å². The molecule has 2 heterocycles. The summed E-state index contributed by atoms with van der Waals surface area (Å²) in [5.74, 6) is 0.907. The SMILES string of the molecule is [N-]=[N+]=NCCn1ncc2c1-c1occc1CC2. The van der Waals surface area contributed by atoms with E-state index in [9.17, 15) is 0 Å². The molecular formula is C11H11N5O. The number of fused-ring (bicyclic) bond motifs is 3. The highest BCUT2D eigenvalue weighted by atomic mass is 16.3. The lowest BCUT2D eigenvalue weighted by Crippen LogP contribution is -2.08. The Morgan fingerprint density at radius 2 is 2.35 bits per heavy atom. The molecule has 0 saturated carbocycles. The third kappa shape index (κ3) is 1.59. The number of rotatable bonds is 3. The lowest BCUT2D eigenvalue weighted by Gasteiger charge is -2.12. The zero-order valence-electron chi connectivity index (χ0n) is 9.20. The zero-order valence-corrected chi connectivity index (χ0v) is 9.20. The molecule has 0 unspecified atom stereocenters. The first kappa shape index (κ1) is 9.99. The van der Waals surface area contributed by atoms with Gasteiger partial charge in [0.15, 0.2) is 5.76 Å². The van der Waals surface area contributed by atoms with Gasteiger partial charge in [0.05, 0.1) is 12.5 Å². The molecule has 0 aliphatic heterocycles. The zero-order chi connectivity index (χ0) is 11.7. The maximum absolute atomic E-state index is 8.27. The highest BCUT2D eigenvalue weighted by molar-refractivity contribution is 5.64. The third-order valence-electron chi connectivity index (χ3n) is 3.02. The summed E-state index contributed by atoms with van der Waals surface area (Å²) in [6.45, 7) is 0.986. The minimum absolute atomic E-state index is 0.403. The van der Waals surface area contributed by atoms with Gasteiger partial charge >= 0.3 is 0 Å². The van der Waals surface area contributed by atoms with Crippen LogP contribution < -0.4 is 0 Å². The van der Waals surface area contributed by atoms with E-state index in [0.29, 0.717) is 13.1 Å². The Balaban J connectivity index is 1.99. The fourth-order valence-corrected chi connectivity index (χ4v) is 2.23. The average molecular weight is 229 g/mol. The van der Waals surface area contributed by atoms with Crippen LogP contribution in [0.4, 0.5) is 0 Å². The Bertz CT molecular complexity index is 591. The van der Waals surface area contributed by atoms with Gasteiger partial charge in [-0.2, -0.15) is 5.10 Å². The second-order valence-electron chi connectivity index (χ2n) is 3.97. The molecule has 0 aromatic carbocycles. The lowest BCUT2D eigenvalue weighted by molar-refractivity contribution is 0.554. The van der Waals surface area contributed by atoms with Crippen molar-refractivity contribution in [2.75, 3.05) is 6.54 Å². The predicted molar refractivity (Wildman–Crippen MR) is 61.4 cm³/mol. The van der Waals surface area contributed by atoms with Crippen LogP contribution in [0.5, 0.6) is 0 Å². The molecule has 1 aliphatic rings. The van der Waals surface area contributed by atoms with E-state index in [1.807, 2.05) is 16.9 Å². The third-order valence-corrected chi connectivity index (χ3v) is 3.02. The van der Waals surface area contributed by atoms with Crippen molar-refractivity contribution in [2.24, 2.45) is 5.11 Å². The molecule has 0 atom stereocenters. The number of furan rings is 1. The van der Waals surface area contributed by atoms with Crippen molar-refractivity contribution in [3.63, 3.8) is 0 Å². The van der Waals surface area contributed by atoms with Gasteiger partial charge < -0.3 is 4.42 Å². The van der Waals surface area contributed by atoms with Gasteiger partial charge in [-0.25, -0.2) is 0 Å². The molecule has 0 spiro atoms. The van der Waals surface area contributed by atoms with Crippen LogP contribution in [0.15, 0.2) is 28.1 Å². The van der Waals surface area contributed by atoms with Crippen molar-refractivity contribution in [3.05, 3.63) is 40.1 Å². The Labute approximate surface area is 97.5 Å². The molecule has 0 saturated heterocycles. The van der Waals surface area contributed by atoms with Crippen molar-refractivity contribution in [2.45, 2.75) is 19.4 Å². The van der Waals surface area contributed by atoms with Gasteiger partial charge in [-0.1, -0.05) is 5.11 Å². The molecule has 6 nitrogen and oxygen atoms in total. The predicted octanol–water partition coefficient (Wildman–Crippen LogP) is 2.55. The van der Waals surface area contributed by atoms with E-state index < -0.39 is 0 Å². The van der Waals surface area contributed by atoms with Gasteiger partial charge in [0, 0.05) is 29.1 Å². The first-order chi connectivity index (χ1) is 8.40. The van der Waals surface area contributed by atoms with Crippen LogP contribution in [-0.2, 0) is 19.4 Å². The van der Waals surface area contributed by atoms with Crippen LogP contribution in [0.25, 0.3) is 21.9 Å². The molecule has 3 rings (SSSR count). The van der Waals surface area contributed by atoms with E-state index in [-0.39, 0.29) is 0 Å². The van der Waals surface area contributed by atoms with Crippen LogP contribution in [0.1, 0.15) is 11.1 Å². The van der Waals surface area contributed by atoms with Crippen LogP contribution in [0, 0.1) is 0 Å². The first-order valence-electron chi connectivity index (χ1n) is 5.52. The largest absolute Gasteiger partial charge is 0.462 e. The Kier molecular flexibility index (Phi) is 2.34. The van der Waals surface area contributed by atoms with Crippen molar-refractivity contribution in [1.29, 1.82) is 0 Å². The van der Waals surface area contributed by atoms with Crippen molar-refractivity contribution in [1.82, 2.24) is 9.78 Å². The molecule has 0 N–H and O–H groups in total. The minimum atomic E-state index is 0.403. The molecule has 86 valence electrons. The van der Waals surface area contributed by atoms with Crippen molar-refractivity contribution < 1.29 is 4.42 Å². The number of aryl methyl sites for hydroxylation is 2. The molecule has 0 bridgehead atoms. The maximum Gasteiger partial charge on any atom is 0.155 e. The Morgan fingerprint density at radius 3 is 3.24 bits per heavy atom. The number of nitrogens with zero attached hydrogens (tertiary/aromatic N) is 5. The summed E-state index contributed by atoms with van der Waals surface area (Å²) >= 11 is 0. The number of hydrogen-bond donors (Lipinski definition) is 0. The van der Waals surface area contributed by atoms with Crippen LogP contribution in [0.2, 0.25) is 0 Å². The van der Waals surface area contributed by atoms with Gasteiger partial charge in [0.2, 0.25) is 0 Å². The average Bonchev–Trinajstić information content (AvgIpc) is 2.94. The molecule has 2 aromatic heterocycles. The molecule has 0 radical (unpaired) electrons.